The molecule has 146 valence electrons. The molecule has 3 heterocycles. The zero-order valence-corrected chi connectivity index (χ0v) is 16.1. The van der Waals surface area contributed by atoms with Crippen molar-refractivity contribution in [2.75, 3.05) is 17.2 Å². The average molecular weight is 380 g/mol. The maximum absolute atomic E-state index is 12.5. The van der Waals surface area contributed by atoms with E-state index in [4.69, 9.17) is 5.73 Å². The van der Waals surface area contributed by atoms with Crippen molar-refractivity contribution in [1.82, 2.24) is 14.0 Å². The summed E-state index contributed by atoms with van der Waals surface area (Å²) in [5.41, 5.74) is 7.65. The average Bonchev–Trinajstić information content (AvgIpc) is 3.03. The maximum Gasteiger partial charge on any atom is 0.330 e. The zero-order valence-electron chi connectivity index (χ0n) is 16.1. The van der Waals surface area contributed by atoms with Crippen LogP contribution >= 0.6 is 0 Å². The zero-order chi connectivity index (χ0) is 20.3. The minimum absolute atomic E-state index is 0.159. The third-order valence-electron chi connectivity index (χ3n) is 4.88. The summed E-state index contributed by atoms with van der Waals surface area (Å²) >= 11 is 0. The molecule has 28 heavy (non-hydrogen) atoms. The van der Waals surface area contributed by atoms with Crippen molar-refractivity contribution in [1.29, 1.82) is 5.26 Å². The first kappa shape index (κ1) is 19.3. The fourth-order valence-corrected chi connectivity index (χ4v) is 3.40. The van der Waals surface area contributed by atoms with Gasteiger partial charge in [-0.05, 0) is 25.5 Å². The van der Waals surface area contributed by atoms with Crippen LogP contribution in [0.15, 0.2) is 40.2 Å². The maximum atomic E-state index is 12.5. The Kier molecular flexibility index (Phi) is 5.54. The Hall–Kier alpha value is -3.47. The van der Waals surface area contributed by atoms with Crippen molar-refractivity contribution in [3.63, 3.8) is 0 Å². The van der Waals surface area contributed by atoms with Crippen molar-refractivity contribution >= 4 is 17.0 Å². The molecule has 3 N–H and O–H groups in total. The number of hydrogen-bond acceptors (Lipinski definition) is 5. The molecule has 0 bridgehead atoms. The van der Waals surface area contributed by atoms with Gasteiger partial charge >= 0.3 is 5.69 Å². The van der Waals surface area contributed by atoms with Gasteiger partial charge in [0.25, 0.3) is 5.56 Å². The van der Waals surface area contributed by atoms with E-state index in [0.717, 1.165) is 23.9 Å². The second kappa shape index (κ2) is 8.05. The van der Waals surface area contributed by atoms with E-state index in [9.17, 15) is 14.9 Å². The minimum atomic E-state index is -0.514. The van der Waals surface area contributed by atoms with Crippen molar-refractivity contribution in [3.8, 4) is 6.07 Å². The molecule has 0 unspecified atom stereocenters. The molecule has 0 fully saturated rings. The van der Waals surface area contributed by atoms with Gasteiger partial charge in [-0.15, -0.1) is 0 Å². The van der Waals surface area contributed by atoms with Gasteiger partial charge in [-0.1, -0.05) is 19.4 Å². The first-order valence-corrected chi connectivity index (χ1v) is 9.38. The van der Waals surface area contributed by atoms with Gasteiger partial charge in [0, 0.05) is 37.6 Å². The Morgan fingerprint density at radius 3 is 2.75 bits per heavy atom. The third-order valence-corrected chi connectivity index (χ3v) is 4.88. The number of unbranched alkanes of at least 4 members (excludes halogenated alkanes) is 1. The van der Waals surface area contributed by atoms with Crippen LogP contribution in [-0.4, -0.2) is 20.5 Å². The lowest BCUT2D eigenvalue weighted by molar-refractivity contribution is 0.602. The van der Waals surface area contributed by atoms with Crippen molar-refractivity contribution < 1.29 is 0 Å². The predicted octanol–water partition coefficient (Wildman–Crippen LogP) is 2.07. The lowest BCUT2D eigenvalue weighted by Crippen LogP contribution is -2.38. The van der Waals surface area contributed by atoms with E-state index in [1.165, 1.54) is 4.57 Å². The molecule has 8 nitrogen and oxygen atoms in total. The number of aromatic nitrogens is 3. The summed E-state index contributed by atoms with van der Waals surface area (Å²) in [6, 6.07) is 7.91. The van der Waals surface area contributed by atoms with Crippen LogP contribution in [0.5, 0.6) is 0 Å². The Morgan fingerprint density at radius 1 is 1.29 bits per heavy atom. The molecule has 0 aliphatic rings. The van der Waals surface area contributed by atoms with Gasteiger partial charge in [0.2, 0.25) is 0 Å². The van der Waals surface area contributed by atoms with E-state index < -0.39 is 11.2 Å². The molecule has 3 aromatic heterocycles. The minimum Gasteiger partial charge on any atom is -0.383 e. The molecule has 3 rings (SSSR count). The molecule has 0 saturated heterocycles. The van der Waals surface area contributed by atoms with Crippen LogP contribution in [-0.2, 0) is 13.1 Å². The SMILES string of the molecule is CCCCn1c(N)c(N(CC)Cc2cn3ccccc3c2C#N)c(=O)[nH]c1=O. The van der Waals surface area contributed by atoms with Crippen LogP contribution in [0.1, 0.15) is 37.8 Å². The van der Waals surface area contributed by atoms with Gasteiger partial charge in [0.1, 0.15) is 17.6 Å². The van der Waals surface area contributed by atoms with Crippen LogP contribution in [0.2, 0.25) is 0 Å². The molecule has 8 heteroatoms. The molecule has 0 radical (unpaired) electrons. The summed E-state index contributed by atoms with van der Waals surface area (Å²) in [6.07, 6.45) is 5.45. The summed E-state index contributed by atoms with van der Waals surface area (Å²) < 4.78 is 3.29. The smallest absolute Gasteiger partial charge is 0.330 e. The standard InChI is InChI=1S/C20H24N6O2/c1-3-5-10-26-18(22)17(19(27)23-20(26)28)24(4-2)12-14-13-25-9-7-6-8-16(25)15(14)11-21/h6-9,13H,3-5,10,12,22H2,1-2H3,(H,23,27,28). The summed E-state index contributed by atoms with van der Waals surface area (Å²) in [6.45, 7) is 5.20. The van der Waals surface area contributed by atoms with Crippen molar-refractivity contribution in [3.05, 3.63) is 62.6 Å². The number of nitrogens with two attached hydrogens (primary N) is 1. The number of nitriles is 1. The van der Waals surface area contributed by atoms with Crippen LogP contribution in [0.25, 0.3) is 5.52 Å². The fourth-order valence-electron chi connectivity index (χ4n) is 3.40. The van der Waals surface area contributed by atoms with E-state index in [1.54, 1.807) is 4.90 Å². The number of aromatic amines is 1. The summed E-state index contributed by atoms with van der Waals surface area (Å²) in [5, 5.41) is 9.63. The van der Waals surface area contributed by atoms with Crippen LogP contribution in [0.4, 0.5) is 11.5 Å². The summed E-state index contributed by atoms with van der Waals surface area (Å²) in [4.78, 5) is 28.9. The monoisotopic (exact) mass is 380 g/mol. The normalized spacial score (nSPS) is 10.9. The molecular weight excluding hydrogens is 356 g/mol. The highest BCUT2D eigenvalue weighted by Gasteiger charge is 2.20. The summed E-state index contributed by atoms with van der Waals surface area (Å²) in [7, 11) is 0. The molecule has 0 aliphatic heterocycles. The predicted molar refractivity (Wildman–Crippen MR) is 109 cm³/mol. The van der Waals surface area contributed by atoms with Gasteiger partial charge in [-0.2, -0.15) is 5.26 Å². The molecule has 0 spiro atoms. The molecule has 0 aliphatic carbocycles. The molecule has 3 aromatic rings. The van der Waals surface area contributed by atoms with Gasteiger partial charge in [-0.25, -0.2) is 4.79 Å². The lowest BCUT2D eigenvalue weighted by atomic mass is 10.1. The van der Waals surface area contributed by atoms with Gasteiger partial charge in [-0.3, -0.25) is 14.3 Å². The topological polar surface area (TPSA) is 112 Å². The third kappa shape index (κ3) is 3.39. The van der Waals surface area contributed by atoms with Crippen molar-refractivity contribution in [2.45, 2.75) is 39.8 Å². The lowest BCUT2D eigenvalue weighted by Gasteiger charge is -2.24. The number of anilines is 2. The van der Waals surface area contributed by atoms with E-state index >= 15 is 0 Å². The number of nitrogens with zero attached hydrogens (tertiary/aromatic N) is 4. The highest BCUT2D eigenvalue weighted by Crippen LogP contribution is 2.23. The van der Waals surface area contributed by atoms with Gasteiger partial charge in [0.05, 0.1) is 11.1 Å². The number of rotatable bonds is 7. The van der Waals surface area contributed by atoms with E-state index in [0.29, 0.717) is 25.2 Å². The molecule has 0 atom stereocenters. The number of H-pyrrole nitrogens is 1. The van der Waals surface area contributed by atoms with Crippen LogP contribution in [0, 0.1) is 11.3 Å². The Labute approximate surface area is 162 Å². The fraction of sp³-hybridized carbons (Fsp3) is 0.350. The number of nitrogens with one attached hydrogen (secondary N) is 1. The largest absolute Gasteiger partial charge is 0.383 e. The van der Waals surface area contributed by atoms with Crippen molar-refractivity contribution in [2.24, 2.45) is 0 Å². The Balaban J connectivity index is 2.07. The Morgan fingerprint density at radius 2 is 2.07 bits per heavy atom. The van der Waals surface area contributed by atoms with Crippen LogP contribution < -0.4 is 21.9 Å². The summed E-state index contributed by atoms with van der Waals surface area (Å²) in [5.74, 6) is 0.159. The second-order valence-electron chi connectivity index (χ2n) is 6.65. The van der Waals surface area contributed by atoms with Crippen LogP contribution in [0.3, 0.4) is 0 Å². The highest BCUT2D eigenvalue weighted by molar-refractivity contribution is 5.67. The molecule has 0 amide bonds. The van der Waals surface area contributed by atoms with Gasteiger partial charge < -0.3 is 15.0 Å². The number of pyridine rings is 1. The van der Waals surface area contributed by atoms with E-state index in [-0.39, 0.29) is 11.5 Å². The molecule has 0 aromatic carbocycles. The quantitative estimate of drug-likeness (QED) is 0.652. The molecule has 0 saturated carbocycles. The number of fused-ring (bicyclic) bond motifs is 1. The number of nitrogen functional groups attached to an aromatic ring is 1. The first-order valence-electron chi connectivity index (χ1n) is 9.38. The number of hydrogen-bond donors (Lipinski definition) is 2. The first-order chi connectivity index (χ1) is 13.5. The Bertz CT molecular complexity index is 1150. The second-order valence-corrected chi connectivity index (χ2v) is 6.65. The van der Waals surface area contributed by atoms with Gasteiger partial charge in [0.15, 0.2) is 0 Å². The molecular formula is C20H24N6O2. The van der Waals surface area contributed by atoms with E-state index in [1.807, 2.05) is 48.8 Å². The highest BCUT2D eigenvalue weighted by atomic mass is 16.2. The van der Waals surface area contributed by atoms with E-state index in [2.05, 4.69) is 11.1 Å².